The summed E-state index contributed by atoms with van der Waals surface area (Å²) in [5.41, 5.74) is 1.34. The molecule has 5 heteroatoms. The van der Waals surface area contributed by atoms with Crippen molar-refractivity contribution in [2.24, 2.45) is 0 Å². The zero-order valence-electron chi connectivity index (χ0n) is 14.0. The fourth-order valence-electron chi connectivity index (χ4n) is 2.57. The molecule has 0 fully saturated rings. The Balaban J connectivity index is 1.90. The molecule has 2 aromatic carbocycles. The van der Waals surface area contributed by atoms with E-state index in [0.717, 1.165) is 5.56 Å². The minimum Gasteiger partial charge on any atom is -0.490 e. The molecule has 1 aliphatic rings. The number of carbonyl (C=O) groups is 1. The van der Waals surface area contributed by atoms with E-state index in [-0.39, 0.29) is 12.0 Å². The normalized spacial score (nSPS) is 16.2. The first-order chi connectivity index (χ1) is 11.6. The first-order valence-electron chi connectivity index (χ1n) is 8.08. The van der Waals surface area contributed by atoms with Gasteiger partial charge in [0, 0.05) is 5.56 Å². The van der Waals surface area contributed by atoms with Crippen LogP contribution in [0.4, 0.5) is 0 Å². The molecule has 0 saturated heterocycles. The average Bonchev–Trinajstić information content (AvgIpc) is 2.56. The van der Waals surface area contributed by atoms with Crippen LogP contribution < -0.4 is 19.5 Å². The highest BCUT2D eigenvalue weighted by atomic mass is 16.5. The summed E-state index contributed by atoms with van der Waals surface area (Å²) in [5, 5.41) is 2.86. The van der Waals surface area contributed by atoms with Gasteiger partial charge in [-0.05, 0) is 51.1 Å². The van der Waals surface area contributed by atoms with E-state index in [2.05, 4.69) is 5.32 Å². The van der Waals surface area contributed by atoms with E-state index in [1.54, 1.807) is 12.1 Å². The first kappa shape index (κ1) is 16.2. The predicted octanol–water partition coefficient (Wildman–Crippen LogP) is 3.69. The summed E-state index contributed by atoms with van der Waals surface area (Å²) in [6.45, 7) is 6.37. The molecule has 0 unspecified atom stereocenters. The van der Waals surface area contributed by atoms with Gasteiger partial charge in [-0.1, -0.05) is 12.1 Å². The number of carbonyl (C=O) groups excluding carboxylic acids is 1. The molecule has 0 radical (unpaired) electrons. The highest BCUT2D eigenvalue weighted by Crippen LogP contribution is 2.34. The lowest BCUT2D eigenvalue weighted by atomic mass is 10.1. The van der Waals surface area contributed by atoms with Crippen LogP contribution in [0, 0.1) is 0 Å². The Morgan fingerprint density at radius 1 is 1.17 bits per heavy atom. The molecule has 0 aliphatic carbocycles. The molecule has 0 saturated carbocycles. The minimum atomic E-state index is -0.556. The molecule has 3 rings (SSSR count). The number of benzene rings is 2. The van der Waals surface area contributed by atoms with E-state index in [1.807, 2.05) is 51.1 Å². The van der Waals surface area contributed by atoms with Crippen molar-refractivity contribution in [2.45, 2.75) is 33.1 Å². The Bertz CT molecular complexity index is 742. The maximum atomic E-state index is 12.2. The van der Waals surface area contributed by atoms with Crippen LogP contribution in [0.1, 0.15) is 42.9 Å². The number of nitrogens with one attached hydrogen (secondary N) is 1. The highest BCUT2D eigenvalue weighted by molar-refractivity contribution is 5.98. The van der Waals surface area contributed by atoms with E-state index in [4.69, 9.17) is 14.2 Å². The quantitative estimate of drug-likeness (QED) is 0.910. The third-order valence-corrected chi connectivity index (χ3v) is 3.57. The predicted molar refractivity (Wildman–Crippen MR) is 90.7 cm³/mol. The molecule has 1 atom stereocenters. The summed E-state index contributed by atoms with van der Waals surface area (Å²) in [6, 6.07) is 12.8. The second-order valence-corrected chi connectivity index (χ2v) is 5.77. The monoisotopic (exact) mass is 327 g/mol. The van der Waals surface area contributed by atoms with Gasteiger partial charge >= 0.3 is 0 Å². The van der Waals surface area contributed by atoms with Crippen LogP contribution in [-0.4, -0.2) is 18.6 Å². The Kier molecular flexibility index (Phi) is 4.60. The van der Waals surface area contributed by atoms with E-state index in [0.29, 0.717) is 29.4 Å². The van der Waals surface area contributed by atoms with Crippen LogP contribution in [0.25, 0.3) is 0 Å². The number of hydrogen-bond donors (Lipinski definition) is 1. The van der Waals surface area contributed by atoms with Crippen molar-refractivity contribution in [3.8, 4) is 17.2 Å². The molecule has 0 bridgehead atoms. The standard InChI is InChI=1S/C19H21NO4/c1-4-22-17-11-13(9-10-16(17)23-12(2)3)19-20-18(21)14-7-5-6-8-15(14)24-19/h5-12,19H,4H2,1-3H3,(H,20,21)/t19-/m0/s1. The van der Waals surface area contributed by atoms with Gasteiger partial charge in [-0.2, -0.15) is 0 Å². The zero-order valence-corrected chi connectivity index (χ0v) is 14.0. The lowest BCUT2D eigenvalue weighted by Gasteiger charge is -2.27. The molecular weight excluding hydrogens is 306 g/mol. The summed E-state index contributed by atoms with van der Waals surface area (Å²) in [6.07, 6.45) is -0.507. The van der Waals surface area contributed by atoms with Gasteiger partial charge in [-0.15, -0.1) is 0 Å². The van der Waals surface area contributed by atoms with Gasteiger partial charge in [0.15, 0.2) is 17.7 Å². The van der Waals surface area contributed by atoms with Crippen molar-refractivity contribution in [2.75, 3.05) is 6.61 Å². The lowest BCUT2D eigenvalue weighted by Crippen LogP contribution is -2.36. The Morgan fingerprint density at radius 3 is 2.71 bits per heavy atom. The molecule has 1 N–H and O–H groups in total. The minimum absolute atomic E-state index is 0.0487. The van der Waals surface area contributed by atoms with Crippen LogP contribution >= 0.6 is 0 Å². The van der Waals surface area contributed by atoms with Gasteiger partial charge in [-0.3, -0.25) is 4.79 Å². The fourth-order valence-corrected chi connectivity index (χ4v) is 2.57. The van der Waals surface area contributed by atoms with Crippen molar-refractivity contribution >= 4 is 5.91 Å². The van der Waals surface area contributed by atoms with Crippen molar-refractivity contribution in [1.82, 2.24) is 5.32 Å². The van der Waals surface area contributed by atoms with Crippen molar-refractivity contribution < 1.29 is 19.0 Å². The summed E-state index contributed by atoms with van der Waals surface area (Å²) in [4.78, 5) is 12.2. The molecule has 1 heterocycles. The molecular formula is C19H21NO4. The molecule has 126 valence electrons. The van der Waals surface area contributed by atoms with Gasteiger partial charge < -0.3 is 19.5 Å². The number of para-hydroxylation sites is 1. The largest absolute Gasteiger partial charge is 0.490 e. The average molecular weight is 327 g/mol. The van der Waals surface area contributed by atoms with Crippen molar-refractivity contribution in [3.05, 3.63) is 53.6 Å². The molecule has 5 nitrogen and oxygen atoms in total. The molecule has 1 aliphatic heterocycles. The number of ether oxygens (including phenoxy) is 3. The maximum absolute atomic E-state index is 12.2. The van der Waals surface area contributed by atoms with Crippen LogP contribution in [-0.2, 0) is 0 Å². The van der Waals surface area contributed by atoms with Crippen LogP contribution in [0.3, 0.4) is 0 Å². The van der Waals surface area contributed by atoms with Gasteiger partial charge in [0.05, 0.1) is 18.3 Å². The number of rotatable bonds is 5. The fraction of sp³-hybridized carbons (Fsp3) is 0.316. The lowest BCUT2D eigenvalue weighted by molar-refractivity contribution is 0.0755. The Labute approximate surface area is 141 Å². The molecule has 1 amide bonds. The molecule has 0 aromatic heterocycles. The topological polar surface area (TPSA) is 56.8 Å². The second kappa shape index (κ2) is 6.83. The van der Waals surface area contributed by atoms with Gasteiger partial charge in [0.1, 0.15) is 5.75 Å². The van der Waals surface area contributed by atoms with Gasteiger partial charge in [-0.25, -0.2) is 0 Å². The summed E-state index contributed by atoms with van der Waals surface area (Å²) >= 11 is 0. The first-order valence-corrected chi connectivity index (χ1v) is 8.08. The third-order valence-electron chi connectivity index (χ3n) is 3.57. The summed E-state index contributed by atoms with van der Waals surface area (Å²) in [7, 11) is 0. The number of fused-ring (bicyclic) bond motifs is 1. The number of hydrogen-bond acceptors (Lipinski definition) is 4. The van der Waals surface area contributed by atoms with Crippen molar-refractivity contribution in [1.29, 1.82) is 0 Å². The van der Waals surface area contributed by atoms with E-state index < -0.39 is 6.23 Å². The van der Waals surface area contributed by atoms with Crippen LogP contribution in [0.15, 0.2) is 42.5 Å². The highest BCUT2D eigenvalue weighted by Gasteiger charge is 2.27. The molecule has 0 spiro atoms. The summed E-state index contributed by atoms with van der Waals surface area (Å²) in [5.74, 6) is 1.74. The van der Waals surface area contributed by atoms with Crippen LogP contribution in [0.5, 0.6) is 17.2 Å². The smallest absolute Gasteiger partial charge is 0.258 e. The maximum Gasteiger partial charge on any atom is 0.258 e. The Morgan fingerprint density at radius 2 is 1.96 bits per heavy atom. The van der Waals surface area contributed by atoms with E-state index >= 15 is 0 Å². The SMILES string of the molecule is CCOc1cc([C@H]2NC(=O)c3ccccc3O2)ccc1OC(C)C. The second-order valence-electron chi connectivity index (χ2n) is 5.77. The number of amides is 1. The van der Waals surface area contributed by atoms with Crippen molar-refractivity contribution in [3.63, 3.8) is 0 Å². The molecule has 24 heavy (non-hydrogen) atoms. The van der Waals surface area contributed by atoms with Gasteiger partial charge in [0.2, 0.25) is 0 Å². The molecule has 2 aromatic rings. The van der Waals surface area contributed by atoms with Crippen LogP contribution in [0.2, 0.25) is 0 Å². The third kappa shape index (κ3) is 3.30. The van der Waals surface area contributed by atoms with Gasteiger partial charge in [0.25, 0.3) is 5.91 Å². The summed E-state index contributed by atoms with van der Waals surface area (Å²) < 4.78 is 17.4. The van der Waals surface area contributed by atoms with E-state index in [1.165, 1.54) is 0 Å². The van der Waals surface area contributed by atoms with E-state index in [9.17, 15) is 4.79 Å². The Hall–Kier alpha value is -2.69. The zero-order chi connectivity index (χ0) is 17.1.